The van der Waals surface area contributed by atoms with Gasteiger partial charge >= 0.3 is 0 Å². The summed E-state index contributed by atoms with van der Waals surface area (Å²) in [4.78, 5) is 0. The molecule has 0 spiro atoms. The smallest absolute Gasteiger partial charge is 0.278 e. The molecule has 0 bridgehead atoms. The molecule has 1 unspecified atom stereocenters. The number of rotatable bonds is 7. The predicted octanol–water partition coefficient (Wildman–Crippen LogP) is 0.162. The zero-order chi connectivity index (χ0) is 10.3. The molecule has 0 aromatic heterocycles. The summed E-state index contributed by atoms with van der Waals surface area (Å²) in [5, 5.41) is 27.0. The highest BCUT2D eigenvalue weighted by Crippen LogP contribution is 2.23. The molecule has 5 N–H and O–H groups in total. The van der Waals surface area contributed by atoms with Gasteiger partial charge in [0.05, 0.1) is 0 Å². The summed E-state index contributed by atoms with van der Waals surface area (Å²) < 4.78 is 0. The van der Waals surface area contributed by atoms with Crippen LogP contribution in [0.5, 0.6) is 0 Å². The van der Waals surface area contributed by atoms with Gasteiger partial charge in [-0.25, -0.2) is 0 Å². The summed E-state index contributed by atoms with van der Waals surface area (Å²) in [5.41, 5.74) is 5.30. The quantitative estimate of drug-likeness (QED) is 0.432. The molecule has 0 heterocycles. The van der Waals surface area contributed by atoms with Crippen LogP contribution >= 0.6 is 0 Å². The number of aliphatic hydroxyl groups is 3. The van der Waals surface area contributed by atoms with E-state index in [-0.39, 0.29) is 0 Å². The Morgan fingerprint density at radius 2 is 1.69 bits per heavy atom. The Morgan fingerprint density at radius 3 is 2.08 bits per heavy atom. The molecule has 80 valence electrons. The highest BCUT2D eigenvalue weighted by Gasteiger charge is 2.30. The minimum absolute atomic E-state index is 0.476. The minimum Gasteiger partial charge on any atom is -0.343 e. The Bertz CT molecular complexity index is 115. The minimum atomic E-state index is -2.54. The summed E-state index contributed by atoms with van der Waals surface area (Å²) in [6, 6.07) is 0. The molecule has 0 aromatic rings. The summed E-state index contributed by atoms with van der Waals surface area (Å²) in [7, 11) is 0. The van der Waals surface area contributed by atoms with Gasteiger partial charge in [-0.15, -0.1) is 0 Å². The second kappa shape index (κ2) is 6.32. The maximum Gasteiger partial charge on any atom is 0.278 e. The number of hydrogen-bond acceptors (Lipinski definition) is 4. The molecule has 4 nitrogen and oxygen atoms in total. The van der Waals surface area contributed by atoms with Crippen LogP contribution in [0.3, 0.4) is 0 Å². The zero-order valence-corrected chi connectivity index (χ0v) is 8.24. The van der Waals surface area contributed by atoms with E-state index < -0.39 is 11.9 Å². The fraction of sp³-hybridized carbons (Fsp3) is 1.00. The molecule has 0 radical (unpaired) electrons. The average Bonchev–Trinajstić information content (AvgIpc) is 2.02. The number of nitrogens with two attached hydrogens (primary N) is 1. The maximum atomic E-state index is 9.00. The highest BCUT2D eigenvalue weighted by atomic mass is 16.7. The Hall–Kier alpha value is -0.160. The normalized spacial score (nSPS) is 14.5. The van der Waals surface area contributed by atoms with Crippen LogP contribution in [0.2, 0.25) is 0 Å². The SMILES string of the molecule is CCCCC(CCCN)C(O)(O)O. The first-order valence-corrected chi connectivity index (χ1v) is 4.89. The van der Waals surface area contributed by atoms with Gasteiger partial charge in [0.1, 0.15) is 0 Å². The van der Waals surface area contributed by atoms with Gasteiger partial charge in [0.25, 0.3) is 5.97 Å². The molecule has 0 aliphatic carbocycles. The van der Waals surface area contributed by atoms with Crippen molar-refractivity contribution in [2.75, 3.05) is 6.54 Å². The van der Waals surface area contributed by atoms with Crippen molar-refractivity contribution in [1.29, 1.82) is 0 Å². The van der Waals surface area contributed by atoms with Crippen LogP contribution < -0.4 is 5.73 Å². The molecule has 0 aromatic carbocycles. The molecule has 0 rings (SSSR count). The van der Waals surface area contributed by atoms with Crippen molar-refractivity contribution in [3.8, 4) is 0 Å². The molecular weight excluding hydrogens is 170 g/mol. The van der Waals surface area contributed by atoms with Crippen molar-refractivity contribution in [3.63, 3.8) is 0 Å². The van der Waals surface area contributed by atoms with E-state index in [0.29, 0.717) is 25.8 Å². The summed E-state index contributed by atoms with van der Waals surface area (Å²) in [5.74, 6) is -3.01. The fourth-order valence-electron chi connectivity index (χ4n) is 1.35. The molecule has 0 amide bonds. The van der Waals surface area contributed by atoms with Crippen LogP contribution in [0, 0.1) is 5.92 Å². The lowest BCUT2D eigenvalue weighted by Crippen LogP contribution is -2.37. The number of hydrogen-bond donors (Lipinski definition) is 4. The third kappa shape index (κ3) is 5.99. The van der Waals surface area contributed by atoms with E-state index in [0.717, 1.165) is 12.8 Å². The van der Waals surface area contributed by atoms with E-state index in [1.54, 1.807) is 0 Å². The lowest BCUT2D eigenvalue weighted by molar-refractivity contribution is -0.344. The topological polar surface area (TPSA) is 86.7 Å². The van der Waals surface area contributed by atoms with Crippen molar-refractivity contribution in [1.82, 2.24) is 0 Å². The second-order valence-corrected chi connectivity index (χ2v) is 3.46. The zero-order valence-electron chi connectivity index (χ0n) is 8.24. The molecule has 0 saturated carbocycles. The molecule has 1 atom stereocenters. The predicted molar refractivity (Wildman–Crippen MR) is 50.7 cm³/mol. The first-order chi connectivity index (χ1) is 6.02. The lowest BCUT2D eigenvalue weighted by Gasteiger charge is -2.25. The third-order valence-corrected chi connectivity index (χ3v) is 2.21. The van der Waals surface area contributed by atoms with Crippen molar-refractivity contribution in [3.05, 3.63) is 0 Å². The van der Waals surface area contributed by atoms with Gasteiger partial charge in [-0.05, 0) is 25.8 Å². The molecule has 0 saturated heterocycles. The molecule has 0 fully saturated rings. The van der Waals surface area contributed by atoms with Gasteiger partial charge in [0, 0.05) is 5.92 Å². The van der Waals surface area contributed by atoms with E-state index in [4.69, 9.17) is 21.1 Å². The third-order valence-electron chi connectivity index (χ3n) is 2.21. The average molecular weight is 191 g/mol. The largest absolute Gasteiger partial charge is 0.343 e. The van der Waals surface area contributed by atoms with Crippen molar-refractivity contribution in [2.45, 2.75) is 45.0 Å². The van der Waals surface area contributed by atoms with Crippen LogP contribution in [-0.2, 0) is 0 Å². The summed E-state index contributed by atoms with van der Waals surface area (Å²) >= 11 is 0. The van der Waals surface area contributed by atoms with Crippen LogP contribution in [0.15, 0.2) is 0 Å². The molecule has 0 aliphatic rings. The van der Waals surface area contributed by atoms with Crippen molar-refractivity contribution < 1.29 is 15.3 Å². The Morgan fingerprint density at radius 1 is 1.15 bits per heavy atom. The van der Waals surface area contributed by atoms with Crippen LogP contribution in [-0.4, -0.2) is 27.8 Å². The van der Waals surface area contributed by atoms with Gasteiger partial charge in [0.2, 0.25) is 0 Å². The fourth-order valence-corrected chi connectivity index (χ4v) is 1.35. The van der Waals surface area contributed by atoms with Gasteiger partial charge in [-0.1, -0.05) is 19.8 Å². The highest BCUT2D eigenvalue weighted by molar-refractivity contribution is 4.66. The molecule has 13 heavy (non-hydrogen) atoms. The first kappa shape index (κ1) is 12.8. The Balaban J connectivity index is 3.88. The Labute approximate surface area is 79.4 Å². The van der Waals surface area contributed by atoms with Crippen LogP contribution in [0.1, 0.15) is 39.0 Å². The van der Waals surface area contributed by atoms with E-state index in [2.05, 4.69) is 0 Å². The molecule has 4 heteroatoms. The Kier molecular flexibility index (Phi) is 6.24. The van der Waals surface area contributed by atoms with Crippen molar-refractivity contribution >= 4 is 0 Å². The van der Waals surface area contributed by atoms with Crippen molar-refractivity contribution in [2.24, 2.45) is 11.7 Å². The molecule has 0 aliphatic heterocycles. The van der Waals surface area contributed by atoms with E-state index in [1.165, 1.54) is 0 Å². The summed E-state index contributed by atoms with van der Waals surface area (Å²) in [6.45, 7) is 2.53. The van der Waals surface area contributed by atoms with E-state index in [1.807, 2.05) is 6.92 Å². The van der Waals surface area contributed by atoms with Gasteiger partial charge in [0.15, 0.2) is 0 Å². The van der Waals surface area contributed by atoms with E-state index in [9.17, 15) is 0 Å². The van der Waals surface area contributed by atoms with Gasteiger partial charge in [-0.2, -0.15) is 0 Å². The van der Waals surface area contributed by atoms with E-state index >= 15 is 0 Å². The van der Waals surface area contributed by atoms with Gasteiger partial charge in [-0.3, -0.25) is 0 Å². The standard InChI is InChI=1S/C9H21NO3/c1-2-3-5-8(6-4-7-10)9(11,12)13/h8,11-13H,2-7,10H2,1H3. The monoisotopic (exact) mass is 191 g/mol. The summed E-state index contributed by atoms with van der Waals surface area (Å²) in [6.07, 6.45) is 3.76. The lowest BCUT2D eigenvalue weighted by atomic mass is 9.94. The maximum absolute atomic E-state index is 9.00. The van der Waals surface area contributed by atoms with Crippen LogP contribution in [0.4, 0.5) is 0 Å². The van der Waals surface area contributed by atoms with Gasteiger partial charge < -0.3 is 21.1 Å². The molecular formula is C9H21NO3. The number of unbranched alkanes of at least 4 members (excludes halogenated alkanes) is 1. The first-order valence-electron chi connectivity index (χ1n) is 4.89. The van der Waals surface area contributed by atoms with Crippen LogP contribution in [0.25, 0.3) is 0 Å². The second-order valence-electron chi connectivity index (χ2n) is 3.46.